The van der Waals surface area contributed by atoms with E-state index in [4.69, 9.17) is 14.1 Å². The van der Waals surface area contributed by atoms with E-state index in [1.165, 1.54) is 0 Å². The lowest BCUT2D eigenvalue weighted by Gasteiger charge is -2.23. The average Bonchev–Trinajstić information content (AvgIpc) is 3.55. The number of rotatable bonds is 11. The first-order valence-electron chi connectivity index (χ1n) is 16.0. The molecule has 6 heteroatoms. The van der Waals surface area contributed by atoms with E-state index in [2.05, 4.69) is 29.6 Å². The lowest BCUT2D eigenvalue weighted by atomic mass is 9.83. The lowest BCUT2D eigenvalue weighted by molar-refractivity contribution is -0.145. The first-order valence-corrected chi connectivity index (χ1v) is 16.0. The normalized spacial score (nSPS) is 15.1. The average molecular weight is 611 g/mol. The van der Waals surface area contributed by atoms with Crippen LogP contribution in [-0.2, 0) is 22.4 Å². The molecule has 1 aliphatic rings. The molecule has 1 N–H and O–H groups in total. The minimum Gasteiger partial charge on any atom is -0.464 e. The van der Waals surface area contributed by atoms with Crippen LogP contribution < -0.4 is 5.32 Å². The molecular formula is C40H38N2O4. The first kappa shape index (κ1) is 30.8. The minimum absolute atomic E-state index is 0.184. The summed E-state index contributed by atoms with van der Waals surface area (Å²) in [6.45, 7) is 2.01. The van der Waals surface area contributed by atoms with Crippen LogP contribution in [0.1, 0.15) is 53.6 Å². The number of amides is 1. The minimum atomic E-state index is -0.783. The molecule has 6 nitrogen and oxygen atoms in total. The van der Waals surface area contributed by atoms with E-state index in [1.54, 1.807) is 13.0 Å². The van der Waals surface area contributed by atoms with E-state index >= 15 is 0 Å². The van der Waals surface area contributed by atoms with Crippen molar-refractivity contribution in [1.82, 2.24) is 10.3 Å². The molecular weight excluding hydrogens is 572 g/mol. The molecule has 1 amide bonds. The Hall–Kier alpha value is -5.23. The number of carbonyl (C=O) groups excluding carboxylic acids is 2. The van der Waals surface area contributed by atoms with Crippen LogP contribution in [0, 0.1) is 5.92 Å². The lowest BCUT2D eigenvalue weighted by Crippen LogP contribution is -2.43. The van der Waals surface area contributed by atoms with Crippen molar-refractivity contribution >= 4 is 17.4 Å². The van der Waals surface area contributed by atoms with E-state index in [9.17, 15) is 9.59 Å². The van der Waals surface area contributed by atoms with Crippen molar-refractivity contribution in [2.75, 3.05) is 6.61 Å². The fraction of sp³-hybridized carbons (Fsp3) is 0.225. The molecule has 4 aromatic carbocycles. The van der Waals surface area contributed by atoms with Crippen molar-refractivity contribution in [3.63, 3.8) is 0 Å². The molecule has 0 saturated heterocycles. The maximum absolute atomic E-state index is 13.4. The fourth-order valence-electron chi connectivity index (χ4n) is 6.09. The Bertz CT molecular complexity index is 1740. The maximum atomic E-state index is 13.4. The Labute approximate surface area is 270 Å². The van der Waals surface area contributed by atoms with E-state index in [-0.39, 0.29) is 18.4 Å². The second-order valence-electron chi connectivity index (χ2n) is 11.6. The summed E-state index contributed by atoms with van der Waals surface area (Å²) in [5, 5.41) is 2.92. The largest absolute Gasteiger partial charge is 0.464 e. The van der Waals surface area contributed by atoms with Gasteiger partial charge in [0.1, 0.15) is 11.7 Å². The van der Waals surface area contributed by atoms with Gasteiger partial charge in [-0.25, -0.2) is 9.78 Å². The molecule has 1 unspecified atom stereocenters. The summed E-state index contributed by atoms with van der Waals surface area (Å²) in [4.78, 5) is 31.3. The predicted molar refractivity (Wildman–Crippen MR) is 181 cm³/mol. The molecule has 232 valence electrons. The maximum Gasteiger partial charge on any atom is 0.328 e. The van der Waals surface area contributed by atoms with Crippen LogP contribution in [0.4, 0.5) is 0 Å². The van der Waals surface area contributed by atoms with E-state index in [1.807, 2.05) is 91.0 Å². The third-order valence-corrected chi connectivity index (χ3v) is 8.35. The van der Waals surface area contributed by atoms with E-state index in [0.717, 1.165) is 65.0 Å². The molecule has 1 aliphatic carbocycles. The quantitative estimate of drug-likeness (QED) is 0.152. The van der Waals surface area contributed by atoms with Gasteiger partial charge in [0, 0.05) is 28.7 Å². The van der Waals surface area contributed by atoms with Gasteiger partial charge >= 0.3 is 5.97 Å². The molecule has 46 heavy (non-hydrogen) atoms. The molecule has 1 aromatic heterocycles. The van der Waals surface area contributed by atoms with Crippen molar-refractivity contribution in [3.05, 3.63) is 144 Å². The van der Waals surface area contributed by atoms with Gasteiger partial charge < -0.3 is 14.5 Å². The molecule has 0 fully saturated rings. The Morgan fingerprint density at radius 1 is 0.870 bits per heavy atom. The number of ether oxygens (including phenoxy) is 1. The van der Waals surface area contributed by atoms with Gasteiger partial charge in [0.2, 0.25) is 5.89 Å². The van der Waals surface area contributed by atoms with E-state index < -0.39 is 12.0 Å². The van der Waals surface area contributed by atoms with Crippen LogP contribution in [0.2, 0.25) is 0 Å². The number of esters is 1. The number of carbonyl (C=O) groups is 2. The van der Waals surface area contributed by atoms with Crippen molar-refractivity contribution in [2.24, 2.45) is 5.92 Å². The number of aromatic nitrogens is 1. The summed E-state index contributed by atoms with van der Waals surface area (Å²) < 4.78 is 11.9. The Morgan fingerprint density at radius 3 is 2.26 bits per heavy atom. The zero-order valence-electron chi connectivity index (χ0n) is 26.0. The van der Waals surface area contributed by atoms with Crippen LogP contribution in [0.3, 0.4) is 0 Å². The van der Waals surface area contributed by atoms with Gasteiger partial charge in [-0.05, 0) is 61.8 Å². The number of hydrogen-bond acceptors (Lipinski definition) is 5. The summed E-state index contributed by atoms with van der Waals surface area (Å²) in [6, 6.07) is 36.8. The second-order valence-corrected chi connectivity index (χ2v) is 11.6. The van der Waals surface area contributed by atoms with Crippen molar-refractivity contribution in [2.45, 2.75) is 45.1 Å². The smallest absolute Gasteiger partial charge is 0.328 e. The number of allylic oxidation sites excluding steroid dienone is 2. The molecule has 0 bridgehead atoms. The zero-order chi connectivity index (χ0) is 31.7. The second kappa shape index (κ2) is 14.7. The van der Waals surface area contributed by atoms with Crippen LogP contribution in [-0.4, -0.2) is 29.5 Å². The molecule has 0 radical (unpaired) electrons. The highest BCUT2D eigenvalue weighted by Gasteiger charge is 2.27. The summed E-state index contributed by atoms with van der Waals surface area (Å²) >= 11 is 0. The molecule has 0 saturated carbocycles. The summed E-state index contributed by atoms with van der Waals surface area (Å²) in [7, 11) is 0. The monoisotopic (exact) mass is 610 g/mol. The predicted octanol–water partition coefficient (Wildman–Crippen LogP) is 8.34. The van der Waals surface area contributed by atoms with Gasteiger partial charge in [0.15, 0.2) is 5.76 Å². The van der Waals surface area contributed by atoms with Crippen LogP contribution in [0.15, 0.2) is 126 Å². The van der Waals surface area contributed by atoms with E-state index in [0.29, 0.717) is 17.9 Å². The molecule has 2 atom stereocenters. The summed E-state index contributed by atoms with van der Waals surface area (Å²) in [5.41, 5.74) is 6.43. The molecule has 6 rings (SSSR count). The topological polar surface area (TPSA) is 81.4 Å². The summed E-state index contributed by atoms with van der Waals surface area (Å²) in [6.07, 6.45) is 6.39. The van der Waals surface area contributed by atoms with Crippen LogP contribution in [0.5, 0.6) is 0 Å². The van der Waals surface area contributed by atoms with Gasteiger partial charge in [-0.15, -0.1) is 0 Å². The van der Waals surface area contributed by atoms with Gasteiger partial charge in [-0.1, -0.05) is 109 Å². The highest BCUT2D eigenvalue weighted by molar-refractivity contribution is 5.97. The molecule has 0 spiro atoms. The highest BCUT2D eigenvalue weighted by Crippen LogP contribution is 2.40. The van der Waals surface area contributed by atoms with Gasteiger partial charge in [-0.3, -0.25) is 4.79 Å². The third-order valence-electron chi connectivity index (χ3n) is 8.35. The number of hydrogen-bond donors (Lipinski definition) is 1. The standard InChI is InChI=1S/C40H38N2O4/c1-2-45-40(44)35(27-28-15-6-3-7-16-28)41-38(43)33-23-14-17-29(26-33)25-32-22-12-13-24-34(32)39-42-36(30-18-8-4-9-19-30)37(46-39)31-20-10-5-11-21-31/h3-11,14-21,23-24,26,32,35H,2,12-13,22,25,27H2,1H3,(H,41,43)/t32?,35-/m1/s1. The number of benzene rings is 4. The fourth-order valence-corrected chi connectivity index (χ4v) is 6.09. The van der Waals surface area contributed by atoms with Gasteiger partial charge in [0.25, 0.3) is 5.91 Å². The first-order chi connectivity index (χ1) is 22.6. The Balaban J connectivity index is 1.23. The van der Waals surface area contributed by atoms with Crippen molar-refractivity contribution < 1.29 is 18.7 Å². The number of nitrogens with zero attached hydrogens (tertiary/aromatic N) is 1. The van der Waals surface area contributed by atoms with Gasteiger partial charge in [0.05, 0.1) is 6.61 Å². The number of nitrogens with one attached hydrogen (secondary N) is 1. The van der Waals surface area contributed by atoms with Crippen molar-refractivity contribution in [3.8, 4) is 22.6 Å². The number of oxazole rings is 1. The molecule has 1 heterocycles. The zero-order valence-corrected chi connectivity index (χ0v) is 26.0. The van der Waals surface area contributed by atoms with Crippen LogP contribution >= 0.6 is 0 Å². The Morgan fingerprint density at radius 2 is 1.54 bits per heavy atom. The molecule has 5 aromatic rings. The molecule has 0 aliphatic heterocycles. The SMILES string of the molecule is CCOC(=O)[C@@H](Cc1ccccc1)NC(=O)c1cccc(CC2CCCC=C2c2nc(-c3ccccc3)c(-c3ccccc3)o2)c1. The summed E-state index contributed by atoms with van der Waals surface area (Å²) in [5.74, 6) is 0.849. The van der Waals surface area contributed by atoms with Gasteiger partial charge in [-0.2, -0.15) is 0 Å². The van der Waals surface area contributed by atoms with Crippen LogP contribution in [0.25, 0.3) is 28.2 Å². The Kier molecular flexibility index (Phi) is 9.84. The third kappa shape index (κ3) is 7.35. The van der Waals surface area contributed by atoms with Crippen molar-refractivity contribution in [1.29, 1.82) is 0 Å². The highest BCUT2D eigenvalue weighted by atomic mass is 16.5.